The summed E-state index contributed by atoms with van der Waals surface area (Å²) in [5.74, 6) is 0. The summed E-state index contributed by atoms with van der Waals surface area (Å²) in [4.78, 5) is 5.71. The van der Waals surface area contributed by atoms with Crippen molar-refractivity contribution in [2.75, 3.05) is 6.54 Å². The molecule has 0 saturated heterocycles. The van der Waals surface area contributed by atoms with E-state index in [0.717, 1.165) is 30.2 Å². The number of rotatable bonds is 6. The van der Waals surface area contributed by atoms with Crippen molar-refractivity contribution in [1.29, 1.82) is 0 Å². The van der Waals surface area contributed by atoms with Crippen LogP contribution in [-0.4, -0.2) is 20.5 Å². The molecule has 0 aliphatic carbocycles. The molecule has 3 heterocycles. The van der Waals surface area contributed by atoms with E-state index in [0.29, 0.717) is 6.04 Å². The first-order valence-electron chi connectivity index (χ1n) is 7.07. The molecular weight excluding hydrogens is 268 g/mol. The summed E-state index contributed by atoms with van der Waals surface area (Å²) in [6.45, 7) is 6.28. The molecule has 3 rings (SSSR count). The average molecular weight is 288 g/mol. The van der Waals surface area contributed by atoms with E-state index in [-0.39, 0.29) is 0 Å². The van der Waals surface area contributed by atoms with Crippen LogP contribution in [0.3, 0.4) is 0 Å². The van der Waals surface area contributed by atoms with Gasteiger partial charge < -0.3 is 9.88 Å². The maximum atomic E-state index is 4.65. The van der Waals surface area contributed by atoms with Gasteiger partial charge in [0.1, 0.15) is 0 Å². The van der Waals surface area contributed by atoms with E-state index in [1.807, 2.05) is 0 Å². The quantitative estimate of drug-likeness (QED) is 0.755. The third-order valence-corrected chi connectivity index (χ3v) is 4.26. The topological polar surface area (TPSA) is 34.3 Å². The van der Waals surface area contributed by atoms with Crippen LogP contribution in [0.15, 0.2) is 36.1 Å². The molecule has 4 nitrogen and oxygen atoms in total. The van der Waals surface area contributed by atoms with Crippen LogP contribution in [0, 0.1) is 0 Å². The zero-order valence-corrected chi connectivity index (χ0v) is 12.7. The lowest BCUT2D eigenvalue weighted by Crippen LogP contribution is -2.22. The monoisotopic (exact) mass is 288 g/mol. The van der Waals surface area contributed by atoms with Gasteiger partial charge in [-0.3, -0.25) is 4.40 Å². The Morgan fingerprint density at radius 3 is 3.10 bits per heavy atom. The number of fused-ring (bicyclic) bond motifs is 1. The number of nitrogens with zero attached hydrogens (tertiary/aromatic N) is 3. The van der Waals surface area contributed by atoms with Gasteiger partial charge in [0, 0.05) is 35.7 Å². The molecule has 20 heavy (non-hydrogen) atoms. The van der Waals surface area contributed by atoms with Crippen molar-refractivity contribution in [3.8, 4) is 0 Å². The van der Waals surface area contributed by atoms with E-state index in [4.69, 9.17) is 0 Å². The van der Waals surface area contributed by atoms with Crippen molar-refractivity contribution in [2.45, 2.75) is 32.9 Å². The molecule has 1 unspecified atom stereocenters. The average Bonchev–Trinajstić information content (AvgIpc) is 3.11. The fourth-order valence-corrected chi connectivity index (χ4v) is 3.18. The Morgan fingerprint density at radius 1 is 1.40 bits per heavy atom. The van der Waals surface area contributed by atoms with E-state index in [1.54, 1.807) is 11.3 Å². The van der Waals surface area contributed by atoms with Crippen molar-refractivity contribution in [2.24, 2.45) is 0 Å². The zero-order valence-electron chi connectivity index (χ0n) is 11.9. The van der Waals surface area contributed by atoms with Gasteiger partial charge in [-0.15, -0.1) is 11.3 Å². The summed E-state index contributed by atoms with van der Waals surface area (Å²) in [6, 6.07) is 4.66. The molecule has 1 atom stereocenters. The molecule has 0 radical (unpaired) electrons. The van der Waals surface area contributed by atoms with E-state index in [2.05, 4.69) is 69.2 Å². The number of imidazole rings is 1. The number of aromatic nitrogens is 3. The fourth-order valence-electron chi connectivity index (χ4n) is 2.46. The van der Waals surface area contributed by atoms with E-state index in [1.165, 1.54) is 5.69 Å². The summed E-state index contributed by atoms with van der Waals surface area (Å²) >= 11 is 1.67. The molecule has 0 aliphatic rings. The van der Waals surface area contributed by atoms with Crippen LogP contribution in [0.1, 0.15) is 37.7 Å². The highest BCUT2D eigenvalue weighted by Crippen LogP contribution is 2.17. The third kappa shape index (κ3) is 2.64. The van der Waals surface area contributed by atoms with Gasteiger partial charge in [0.15, 0.2) is 4.96 Å². The van der Waals surface area contributed by atoms with Crippen LogP contribution in [0.2, 0.25) is 0 Å². The van der Waals surface area contributed by atoms with Crippen LogP contribution < -0.4 is 5.32 Å². The summed E-state index contributed by atoms with van der Waals surface area (Å²) in [6.07, 6.45) is 7.45. The van der Waals surface area contributed by atoms with Gasteiger partial charge in [0.25, 0.3) is 0 Å². The van der Waals surface area contributed by atoms with E-state index >= 15 is 0 Å². The number of hydrogen-bond acceptors (Lipinski definition) is 3. The lowest BCUT2D eigenvalue weighted by atomic mass is 10.2. The standard InChI is InChI=1S/C15H20N4S/c1-3-6-16-12(2)14-5-4-7-18(14)10-13-11-19-8-9-20-15(19)17-13/h4-5,7-9,11-12,16H,3,6,10H2,1-2H3. The molecule has 3 aromatic rings. The normalized spacial score (nSPS) is 13.1. The molecule has 0 saturated carbocycles. The first-order chi connectivity index (χ1) is 9.78. The zero-order chi connectivity index (χ0) is 13.9. The molecule has 0 spiro atoms. The molecule has 3 aromatic heterocycles. The predicted molar refractivity (Wildman–Crippen MR) is 83.3 cm³/mol. The van der Waals surface area contributed by atoms with Crippen LogP contribution in [0.4, 0.5) is 0 Å². The van der Waals surface area contributed by atoms with E-state index in [9.17, 15) is 0 Å². The lowest BCUT2D eigenvalue weighted by molar-refractivity contribution is 0.533. The highest BCUT2D eigenvalue weighted by molar-refractivity contribution is 7.15. The van der Waals surface area contributed by atoms with Crippen molar-refractivity contribution in [3.63, 3.8) is 0 Å². The molecule has 0 aromatic carbocycles. The van der Waals surface area contributed by atoms with Crippen LogP contribution in [0.25, 0.3) is 4.96 Å². The lowest BCUT2D eigenvalue weighted by Gasteiger charge is -2.16. The number of hydrogen-bond donors (Lipinski definition) is 1. The summed E-state index contributed by atoms with van der Waals surface area (Å²) in [5.41, 5.74) is 2.42. The molecule has 106 valence electrons. The largest absolute Gasteiger partial charge is 0.344 e. The van der Waals surface area contributed by atoms with Crippen molar-refractivity contribution < 1.29 is 0 Å². The van der Waals surface area contributed by atoms with Gasteiger partial charge in [-0.2, -0.15) is 0 Å². The third-order valence-electron chi connectivity index (χ3n) is 3.48. The Kier molecular flexibility index (Phi) is 3.89. The first kappa shape index (κ1) is 13.4. The van der Waals surface area contributed by atoms with Crippen molar-refractivity contribution in [1.82, 2.24) is 19.3 Å². The van der Waals surface area contributed by atoms with Crippen molar-refractivity contribution >= 4 is 16.3 Å². The number of thiazole rings is 1. The summed E-state index contributed by atoms with van der Waals surface area (Å²) in [5, 5.41) is 5.60. The van der Waals surface area contributed by atoms with Gasteiger partial charge >= 0.3 is 0 Å². The summed E-state index contributed by atoms with van der Waals surface area (Å²) in [7, 11) is 0. The second-order valence-corrected chi connectivity index (χ2v) is 5.93. The molecule has 5 heteroatoms. The SMILES string of the molecule is CCCNC(C)c1cccn1Cc1cn2ccsc2n1. The van der Waals surface area contributed by atoms with Crippen LogP contribution in [-0.2, 0) is 6.54 Å². The second-order valence-electron chi connectivity index (χ2n) is 5.06. The maximum Gasteiger partial charge on any atom is 0.193 e. The van der Waals surface area contributed by atoms with Gasteiger partial charge in [-0.1, -0.05) is 6.92 Å². The van der Waals surface area contributed by atoms with Gasteiger partial charge in [0.05, 0.1) is 12.2 Å². The Bertz CT molecular complexity index is 650. The highest BCUT2D eigenvalue weighted by atomic mass is 32.1. The molecule has 1 N–H and O–H groups in total. The minimum atomic E-state index is 0.369. The Hall–Kier alpha value is -1.59. The Balaban J connectivity index is 1.77. The van der Waals surface area contributed by atoms with Crippen molar-refractivity contribution in [3.05, 3.63) is 47.5 Å². The maximum absolute atomic E-state index is 4.65. The Labute approximate surface area is 123 Å². The van der Waals surface area contributed by atoms with Gasteiger partial charge in [0.2, 0.25) is 0 Å². The van der Waals surface area contributed by atoms with Gasteiger partial charge in [-0.25, -0.2) is 4.98 Å². The summed E-state index contributed by atoms with van der Waals surface area (Å²) < 4.78 is 4.36. The van der Waals surface area contributed by atoms with Crippen LogP contribution >= 0.6 is 11.3 Å². The van der Waals surface area contributed by atoms with Crippen LogP contribution in [0.5, 0.6) is 0 Å². The molecule has 0 aliphatic heterocycles. The predicted octanol–water partition coefficient (Wildman–Crippen LogP) is 3.31. The first-order valence-corrected chi connectivity index (χ1v) is 7.95. The highest BCUT2D eigenvalue weighted by Gasteiger charge is 2.11. The fraction of sp³-hybridized carbons (Fsp3) is 0.400. The smallest absolute Gasteiger partial charge is 0.193 e. The molecule has 0 bridgehead atoms. The van der Waals surface area contributed by atoms with E-state index < -0.39 is 0 Å². The number of nitrogens with one attached hydrogen (secondary N) is 1. The molecule has 0 amide bonds. The second kappa shape index (κ2) is 5.81. The van der Waals surface area contributed by atoms with Gasteiger partial charge in [-0.05, 0) is 32.0 Å². The minimum Gasteiger partial charge on any atom is -0.344 e. The minimum absolute atomic E-state index is 0.369. The molecular formula is C15H20N4S. The Morgan fingerprint density at radius 2 is 2.30 bits per heavy atom. The molecule has 0 fully saturated rings.